The van der Waals surface area contributed by atoms with Gasteiger partial charge in [-0.2, -0.15) is 0 Å². The van der Waals surface area contributed by atoms with E-state index in [2.05, 4.69) is 13.8 Å². The number of ether oxygens (including phenoxy) is 1. The molecule has 0 saturated heterocycles. The number of carbonyl (C=O) groups excluding carboxylic acids is 1. The molecular formula is C32H45O7-. The van der Waals surface area contributed by atoms with Gasteiger partial charge >= 0.3 is 11.9 Å². The summed E-state index contributed by atoms with van der Waals surface area (Å²) in [6, 6.07) is 4.98. The Kier molecular flexibility index (Phi) is 14.3. The molecule has 2 aromatic rings. The molecule has 0 amide bonds. The van der Waals surface area contributed by atoms with E-state index in [1.807, 2.05) is 0 Å². The van der Waals surface area contributed by atoms with Crippen molar-refractivity contribution in [1.29, 1.82) is 0 Å². The number of rotatable bonds is 19. The maximum absolute atomic E-state index is 13.1. The molecule has 7 heteroatoms. The van der Waals surface area contributed by atoms with E-state index in [0.29, 0.717) is 24.0 Å². The third-order valence-electron chi connectivity index (χ3n) is 7.07. The molecule has 3 N–H and O–H groups in total. The summed E-state index contributed by atoms with van der Waals surface area (Å²) >= 11 is 0. The maximum Gasteiger partial charge on any atom is 0.347 e. The van der Waals surface area contributed by atoms with E-state index >= 15 is 0 Å². The molecule has 0 bridgehead atoms. The number of hydrogen-bond acceptors (Lipinski definition) is 6. The van der Waals surface area contributed by atoms with Gasteiger partial charge in [-0.05, 0) is 55.0 Å². The number of aromatic hydroxyl groups is 2. The van der Waals surface area contributed by atoms with E-state index in [9.17, 15) is 30.0 Å². The lowest BCUT2D eigenvalue weighted by Crippen LogP contribution is -2.14. The second-order valence-electron chi connectivity index (χ2n) is 10.4. The number of carboxylic acids is 1. The van der Waals surface area contributed by atoms with E-state index in [4.69, 9.17) is 4.74 Å². The summed E-state index contributed by atoms with van der Waals surface area (Å²) in [5.41, 5.74) is 0.457. The van der Waals surface area contributed by atoms with Crippen molar-refractivity contribution in [2.75, 3.05) is 0 Å². The van der Waals surface area contributed by atoms with Crippen molar-refractivity contribution < 1.29 is 34.8 Å². The molecule has 0 fully saturated rings. The van der Waals surface area contributed by atoms with Gasteiger partial charge in [0.05, 0.1) is 5.56 Å². The van der Waals surface area contributed by atoms with Crippen LogP contribution in [-0.4, -0.2) is 27.3 Å². The number of hydrogen-bond donors (Lipinski definition) is 3. The predicted molar refractivity (Wildman–Crippen MR) is 151 cm³/mol. The molecule has 0 saturated carbocycles. The van der Waals surface area contributed by atoms with Crippen molar-refractivity contribution in [3.05, 3.63) is 46.5 Å². The zero-order chi connectivity index (χ0) is 28.6. The Labute approximate surface area is 232 Å². The van der Waals surface area contributed by atoms with E-state index in [1.165, 1.54) is 50.7 Å². The van der Waals surface area contributed by atoms with Gasteiger partial charge in [0.1, 0.15) is 22.8 Å². The zero-order valence-electron chi connectivity index (χ0n) is 23.6. The van der Waals surface area contributed by atoms with Gasteiger partial charge in [-0.1, -0.05) is 96.6 Å². The number of phenolic OH excluding ortho intramolecular Hbond substituents is 2. The molecule has 0 spiro atoms. The number of phenols is 2. The third-order valence-corrected chi connectivity index (χ3v) is 7.07. The fourth-order valence-corrected chi connectivity index (χ4v) is 4.95. The Balaban J connectivity index is 2.12. The van der Waals surface area contributed by atoms with E-state index < -0.39 is 23.4 Å². The number of carboxylic acid groups (broad SMARTS) is 1. The van der Waals surface area contributed by atoms with Crippen LogP contribution in [0.5, 0.6) is 23.0 Å². The van der Waals surface area contributed by atoms with Gasteiger partial charge in [0.25, 0.3) is 0 Å². The summed E-state index contributed by atoms with van der Waals surface area (Å²) in [4.78, 5) is 24.9. The Morgan fingerprint density at radius 2 is 1.18 bits per heavy atom. The van der Waals surface area contributed by atoms with E-state index in [0.717, 1.165) is 63.5 Å². The average Bonchev–Trinajstić information content (AvgIpc) is 2.86. The number of esters is 1. The first kappa shape index (κ1) is 32.0. The highest BCUT2D eigenvalue weighted by molar-refractivity contribution is 5.96. The second kappa shape index (κ2) is 17.4. The van der Waals surface area contributed by atoms with E-state index in [1.54, 1.807) is 0 Å². The van der Waals surface area contributed by atoms with E-state index in [-0.39, 0.29) is 22.6 Å². The van der Waals surface area contributed by atoms with Crippen LogP contribution in [0, 0.1) is 0 Å². The third kappa shape index (κ3) is 10.8. The molecular weight excluding hydrogens is 496 g/mol. The fraction of sp³-hybridized carbons (Fsp3) is 0.562. The van der Waals surface area contributed by atoms with Crippen LogP contribution < -0.4 is 9.84 Å². The first-order valence-electron chi connectivity index (χ1n) is 14.6. The van der Waals surface area contributed by atoms with Gasteiger partial charge in [-0.25, -0.2) is 9.59 Å². The predicted octanol–water partition coefficient (Wildman–Crippen LogP) is 7.68. The summed E-state index contributed by atoms with van der Waals surface area (Å²) in [6.07, 6.45) is 15.8. The van der Waals surface area contributed by atoms with Gasteiger partial charge in [0.15, 0.2) is 0 Å². The number of unbranched alkanes of at least 4 members (excludes halogenated alkanes) is 12. The van der Waals surface area contributed by atoms with Gasteiger partial charge in [-0.3, -0.25) is 0 Å². The molecule has 0 aliphatic rings. The van der Waals surface area contributed by atoms with Crippen LogP contribution in [-0.2, 0) is 12.8 Å². The number of carbonyl (C=O) groups is 2. The molecule has 7 nitrogen and oxygen atoms in total. The van der Waals surface area contributed by atoms with Crippen LogP contribution in [0.2, 0.25) is 0 Å². The SMILES string of the molecule is CCCCCCCCCc1cc(OC(=O)c2c(O)cc(O)cc2CCCCCCCCC)cc([O-])c1C(=O)O. The van der Waals surface area contributed by atoms with Crippen molar-refractivity contribution in [2.45, 2.75) is 117 Å². The lowest BCUT2D eigenvalue weighted by Gasteiger charge is -2.18. The van der Waals surface area contributed by atoms with Crippen LogP contribution in [0.3, 0.4) is 0 Å². The normalized spacial score (nSPS) is 11.0. The Morgan fingerprint density at radius 1 is 0.692 bits per heavy atom. The molecule has 216 valence electrons. The summed E-state index contributed by atoms with van der Waals surface area (Å²) in [5, 5.41) is 42.7. The fourth-order valence-electron chi connectivity index (χ4n) is 4.95. The zero-order valence-corrected chi connectivity index (χ0v) is 23.6. The lowest BCUT2D eigenvalue weighted by molar-refractivity contribution is -0.269. The first-order chi connectivity index (χ1) is 18.8. The van der Waals surface area contributed by atoms with Gasteiger partial charge < -0.3 is 25.2 Å². The highest BCUT2D eigenvalue weighted by Crippen LogP contribution is 2.32. The molecule has 0 radical (unpaired) electrons. The molecule has 0 aliphatic heterocycles. The molecule has 0 atom stereocenters. The molecule has 0 unspecified atom stereocenters. The summed E-state index contributed by atoms with van der Waals surface area (Å²) < 4.78 is 5.49. The number of benzene rings is 2. The lowest BCUT2D eigenvalue weighted by atomic mass is 9.98. The van der Waals surface area contributed by atoms with Crippen molar-refractivity contribution in [2.24, 2.45) is 0 Å². The minimum Gasteiger partial charge on any atom is -0.872 e. The van der Waals surface area contributed by atoms with Crippen LogP contribution in [0.4, 0.5) is 0 Å². The van der Waals surface area contributed by atoms with Crippen molar-refractivity contribution in [1.82, 2.24) is 0 Å². The maximum atomic E-state index is 13.1. The smallest absolute Gasteiger partial charge is 0.347 e. The van der Waals surface area contributed by atoms with Gasteiger partial charge in [-0.15, -0.1) is 0 Å². The van der Waals surface area contributed by atoms with Gasteiger partial charge in [0, 0.05) is 6.07 Å². The Bertz CT molecular complexity index is 1060. The molecule has 39 heavy (non-hydrogen) atoms. The largest absolute Gasteiger partial charge is 0.872 e. The average molecular weight is 542 g/mol. The van der Waals surface area contributed by atoms with Gasteiger partial charge in [0.2, 0.25) is 0 Å². The highest BCUT2D eigenvalue weighted by atomic mass is 16.5. The second-order valence-corrected chi connectivity index (χ2v) is 10.4. The Hall–Kier alpha value is -3.22. The molecule has 0 aromatic heterocycles. The summed E-state index contributed by atoms with van der Waals surface area (Å²) in [7, 11) is 0. The first-order valence-corrected chi connectivity index (χ1v) is 14.6. The summed E-state index contributed by atoms with van der Waals surface area (Å²) in [5.74, 6) is -3.47. The topological polar surface area (TPSA) is 127 Å². The standard InChI is InChI=1S/C32H46O7/c1-3-5-7-9-11-13-15-17-23-19-25(33)21-27(34)30(23)32(38)39-26-20-24(29(31(36)37)28(35)22-26)18-16-14-12-10-8-6-4-2/h19-22,33-35H,3-18H2,1-2H3,(H,36,37)/p-1. The number of aromatic carboxylic acids is 1. The molecule has 0 heterocycles. The molecule has 2 aromatic carbocycles. The van der Waals surface area contributed by atoms with Crippen LogP contribution in [0.1, 0.15) is 136 Å². The highest BCUT2D eigenvalue weighted by Gasteiger charge is 2.21. The monoisotopic (exact) mass is 541 g/mol. The number of aryl methyl sites for hydroxylation is 2. The quantitative estimate of drug-likeness (QED) is 0.0945. The van der Waals surface area contributed by atoms with Crippen molar-refractivity contribution >= 4 is 11.9 Å². The minimum atomic E-state index is -1.30. The van der Waals surface area contributed by atoms with Crippen molar-refractivity contribution in [3.8, 4) is 23.0 Å². The van der Waals surface area contributed by atoms with Crippen molar-refractivity contribution in [3.63, 3.8) is 0 Å². The minimum absolute atomic E-state index is 0.0534. The van der Waals surface area contributed by atoms with Crippen LogP contribution in [0.15, 0.2) is 24.3 Å². The Morgan fingerprint density at radius 3 is 1.69 bits per heavy atom. The molecule has 0 aliphatic carbocycles. The van der Waals surface area contributed by atoms with Crippen LogP contribution >= 0.6 is 0 Å². The molecule has 2 rings (SSSR count). The summed E-state index contributed by atoms with van der Waals surface area (Å²) in [6.45, 7) is 4.33. The van der Waals surface area contributed by atoms with Crippen LogP contribution in [0.25, 0.3) is 0 Å².